The molecule has 2 unspecified atom stereocenters. The van der Waals surface area contributed by atoms with Crippen molar-refractivity contribution in [3.8, 4) is 0 Å². The Labute approximate surface area is 115 Å². The van der Waals surface area contributed by atoms with Crippen molar-refractivity contribution in [3.63, 3.8) is 0 Å². The van der Waals surface area contributed by atoms with Gasteiger partial charge in [-0.25, -0.2) is 0 Å². The van der Waals surface area contributed by atoms with Crippen molar-refractivity contribution in [2.24, 2.45) is 11.1 Å². The number of rotatable bonds is 3. The maximum absolute atomic E-state index is 11.5. The first kappa shape index (κ1) is 16.4. The van der Waals surface area contributed by atoms with E-state index in [-0.39, 0.29) is 17.5 Å². The number of hydrogen-bond acceptors (Lipinski definition) is 5. The van der Waals surface area contributed by atoms with Gasteiger partial charge in [-0.1, -0.05) is 20.8 Å². The SMILES string of the molecule is CC(=O)OC1(C(C)(C)C)CC(CCN)OC(C)(C)O1. The van der Waals surface area contributed by atoms with Gasteiger partial charge < -0.3 is 19.9 Å². The van der Waals surface area contributed by atoms with Gasteiger partial charge >= 0.3 is 5.97 Å². The third-order valence-electron chi connectivity index (χ3n) is 3.30. The Hall–Kier alpha value is -0.650. The fourth-order valence-corrected chi connectivity index (χ4v) is 2.46. The van der Waals surface area contributed by atoms with Crippen LogP contribution in [0.5, 0.6) is 0 Å². The van der Waals surface area contributed by atoms with E-state index >= 15 is 0 Å². The van der Waals surface area contributed by atoms with Gasteiger partial charge in [0.1, 0.15) is 0 Å². The number of hydrogen-bond donors (Lipinski definition) is 1. The standard InChI is InChI=1S/C14H27NO4/c1-10(16)17-14(12(2,3)4)9-11(7-8-15)18-13(5,6)19-14/h11H,7-9,15H2,1-6H3. The zero-order chi connectivity index (χ0) is 14.9. The molecule has 1 heterocycles. The molecule has 0 amide bonds. The van der Waals surface area contributed by atoms with Crippen molar-refractivity contribution in [1.29, 1.82) is 0 Å². The van der Waals surface area contributed by atoms with E-state index in [1.807, 2.05) is 34.6 Å². The normalized spacial score (nSPS) is 31.0. The highest BCUT2D eigenvalue weighted by Crippen LogP contribution is 2.46. The van der Waals surface area contributed by atoms with Crippen LogP contribution >= 0.6 is 0 Å². The predicted octanol–water partition coefficient (Wildman–Crippen LogP) is 2.18. The molecule has 1 aliphatic rings. The minimum absolute atomic E-state index is 0.0766. The topological polar surface area (TPSA) is 70.8 Å². The predicted molar refractivity (Wildman–Crippen MR) is 72.3 cm³/mol. The second-order valence-electron chi connectivity index (χ2n) is 6.62. The molecule has 1 aliphatic heterocycles. The van der Waals surface area contributed by atoms with Crippen LogP contribution in [-0.2, 0) is 19.0 Å². The lowest BCUT2D eigenvalue weighted by Gasteiger charge is -2.52. The Morgan fingerprint density at radius 2 is 2.00 bits per heavy atom. The van der Waals surface area contributed by atoms with E-state index in [2.05, 4.69) is 0 Å². The molecule has 0 aromatic carbocycles. The first-order valence-corrected chi connectivity index (χ1v) is 6.79. The molecule has 0 spiro atoms. The van der Waals surface area contributed by atoms with Crippen LogP contribution in [0.2, 0.25) is 0 Å². The Morgan fingerprint density at radius 1 is 1.42 bits per heavy atom. The van der Waals surface area contributed by atoms with Gasteiger partial charge in [0.2, 0.25) is 5.79 Å². The zero-order valence-corrected chi connectivity index (χ0v) is 12.9. The Morgan fingerprint density at radius 3 is 2.42 bits per heavy atom. The van der Waals surface area contributed by atoms with Crippen LogP contribution in [0.25, 0.3) is 0 Å². The molecular weight excluding hydrogens is 246 g/mol. The lowest BCUT2D eigenvalue weighted by atomic mass is 9.80. The van der Waals surface area contributed by atoms with Gasteiger partial charge in [0.15, 0.2) is 5.79 Å². The third-order valence-corrected chi connectivity index (χ3v) is 3.30. The molecule has 2 N–H and O–H groups in total. The van der Waals surface area contributed by atoms with Crippen LogP contribution in [0.15, 0.2) is 0 Å². The number of esters is 1. The van der Waals surface area contributed by atoms with Gasteiger partial charge in [-0.3, -0.25) is 4.79 Å². The van der Waals surface area contributed by atoms with Crippen LogP contribution in [-0.4, -0.2) is 30.2 Å². The zero-order valence-electron chi connectivity index (χ0n) is 12.9. The van der Waals surface area contributed by atoms with Crippen LogP contribution < -0.4 is 5.73 Å². The average molecular weight is 273 g/mol. The molecular formula is C14H27NO4. The average Bonchev–Trinajstić information content (AvgIpc) is 2.11. The van der Waals surface area contributed by atoms with Crippen molar-refractivity contribution in [3.05, 3.63) is 0 Å². The van der Waals surface area contributed by atoms with Crippen molar-refractivity contribution < 1.29 is 19.0 Å². The van der Waals surface area contributed by atoms with E-state index in [1.54, 1.807) is 0 Å². The fourth-order valence-electron chi connectivity index (χ4n) is 2.46. The van der Waals surface area contributed by atoms with E-state index in [1.165, 1.54) is 6.92 Å². The van der Waals surface area contributed by atoms with E-state index in [0.29, 0.717) is 19.4 Å². The smallest absolute Gasteiger partial charge is 0.305 e. The number of carbonyl (C=O) groups is 1. The molecule has 0 aromatic heterocycles. The second kappa shape index (κ2) is 5.38. The summed E-state index contributed by atoms with van der Waals surface area (Å²) in [6.45, 7) is 11.6. The second-order valence-corrected chi connectivity index (χ2v) is 6.62. The summed E-state index contributed by atoms with van der Waals surface area (Å²) in [5, 5.41) is 0. The summed E-state index contributed by atoms with van der Waals surface area (Å²) in [5.41, 5.74) is 5.26. The first-order valence-electron chi connectivity index (χ1n) is 6.79. The lowest BCUT2D eigenvalue weighted by molar-refractivity contribution is -0.415. The summed E-state index contributed by atoms with van der Waals surface area (Å²) < 4.78 is 17.4. The summed E-state index contributed by atoms with van der Waals surface area (Å²) >= 11 is 0. The highest BCUT2D eigenvalue weighted by atomic mass is 16.8. The quantitative estimate of drug-likeness (QED) is 0.798. The maximum Gasteiger partial charge on any atom is 0.305 e. The van der Waals surface area contributed by atoms with Gasteiger partial charge in [0.05, 0.1) is 6.10 Å². The molecule has 0 bridgehead atoms. The van der Waals surface area contributed by atoms with Crippen LogP contribution in [0, 0.1) is 5.41 Å². The number of nitrogens with two attached hydrogens (primary N) is 1. The summed E-state index contributed by atoms with van der Waals surface area (Å²) in [6, 6.07) is 0. The molecule has 5 nitrogen and oxygen atoms in total. The monoisotopic (exact) mass is 273 g/mol. The summed E-state index contributed by atoms with van der Waals surface area (Å²) in [4.78, 5) is 11.5. The van der Waals surface area contributed by atoms with Crippen LogP contribution in [0.3, 0.4) is 0 Å². The van der Waals surface area contributed by atoms with E-state index in [0.717, 1.165) is 0 Å². The Balaban J connectivity index is 3.10. The summed E-state index contributed by atoms with van der Waals surface area (Å²) in [5.74, 6) is -2.14. The van der Waals surface area contributed by atoms with E-state index in [4.69, 9.17) is 19.9 Å². The Bertz CT molecular complexity index is 335. The molecule has 0 radical (unpaired) electrons. The molecule has 1 saturated heterocycles. The molecule has 112 valence electrons. The largest absolute Gasteiger partial charge is 0.432 e. The number of ether oxygens (including phenoxy) is 3. The minimum atomic E-state index is -0.986. The Kier molecular flexibility index (Phi) is 4.65. The molecule has 5 heteroatoms. The molecule has 2 atom stereocenters. The summed E-state index contributed by atoms with van der Waals surface area (Å²) in [7, 11) is 0. The van der Waals surface area contributed by atoms with Gasteiger partial charge in [-0.2, -0.15) is 0 Å². The van der Waals surface area contributed by atoms with Crippen molar-refractivity contribution in [2.75, 3.05) is 6.54 Å². The van der Waals surface area contributed by atoms with Gasteiger partial charge in [-0.15, -0.1) is 0 Å². The third kappa shape index (κ3) is 3.91. The van der Waals surface area contributed by atoms with Crippen molar-refractivity contribution >= 4 is 5.97 Å². The van der Waals surface area contributed by atoms with Crippen molar-refractivity contribution in [1.82, 2.24) is 0 Å². The van der Waals surface area contributed by atoms with Crippen molar-refractivity contribution in [2.45, 2.75) is 72.1 Å². The van der Waals surface area contributed by atoms with E-state index < -0.39 is 11.6 Å². The molecule has 19 heavy (non-hydrogen) atoms. The van der Waals surface area contributed by atoms with Gasteiger partial charge in [0.25, 0.3) is 0 Å². The van der Waals surface area contributed by atoms with E-state index in [9.17, 15) is 4.79 Å². The summed E-state index contributed by atoms with van der Waals surface area (Å²) in [6.07, 6.45) is 1.13. The molecule has 0 aliphatic carbocycles. The van der Waals surface area contributed by atoms with Crippen LogP contribution in [0.1, 0.15) is 54.4 Å². The lowest BCUT2D eigenvalue weighted by Crippen LogP contribution is -2.60. The molecule has 1 fully saturated rings. The minimum Gasteiger partial charge on any atom is -0.432 e. The van der Waals surface area contributed by atoms with Gasteiger partial charge in [-0.05, 0) is 26.8 Å². The highest BCUT2D eigenvalue weighted by Gasteiger charge is 2.55. The molecule has 1 rings (SSSR count). The number of carbonyl (C=O) groups excluding carboxylic acids is 1. The maximum atomic E-state index is 11.5. The molecule has 0 saturated carbocycles. The van der Waals surface area contributed by atoms with Crippen LogP contribution in [0.4, 0.5) is 0 Å². The fraction of sp³-hybridized carbons (Fsp3) is 0.929. The van der Waals surface area contributed by atoms with Gasteiger partial charge in [0, 0.05) is 18.8 Å². The first-order chi connectivity index (χ1) is 8.51. The highest BCUT2D eigenvalue weighted by molar-refractivity contribution is 5.66. The molecule has 0 aromatic rings.